The zero-order chi connectivity index (χ0) is 22.0. The molecule has 0 rings (SSSR count). The van der Waals surface area contributed by atoms with Crippen molar-refractivity contribution in [1.29, 1.82) is 0 Å². The van der Waals surface area contributed by atoms with Crippen LogP contribution in [0.3, 0.4) is 0 Å². The number of amides is 4. The molecule has 9 N–H and O–H groups in total. The zero-order valence-electron chi connectivity index (χ0n) is 16.1. The maximum Gasteiger partial charge on any atom is 0.328 e. The van der Waals surface area contributed by atoms with E-state index in [1.54, 1.807) is 13.8 Å². The minimum Gasteiger partial charge on any atom is -0.480 e. The Morgan fingerprint density at radius 2 is 1.57 bits per heavy atom. The third-order valence-corrected chi connectivity index (χ3v) is 3.82. The molecule has 4 unspecified atom stereocenters. The van der Waals surface area contributed by atoms with Gasteiger partial charge in [0.05, 0.1) is 18.7 Å². The number of aliphatic hydroxyl groups excluding tert-OH is 1. The predicted octanol–water partition coefficient (Wildman–Crippen LogP) is -3.21. The maximum absolute atomic E-state index is 12.3. The topological polar surface area (TPSA) is 214 Å². The van der Waals surface area contributed by atoms with Crippen LogP contribution in [0.5, 0.6) is 0 Å². The van der Waals surface area contributed by atoms with Gasteiger partial charge in [-0.15, -0.1) is 0 Å². The number of carboxylic acids is 1. The van der Waals surface area contributed by atoms with Crippen LogP contribution in [-0.4, -0.2) is 70.6 Å². The van der Waals surface area contributed by atoms with Crippen molar-refractivity contribution in [3.63, 3.8) is 0 Å². The van der Waals surface area contributed by atoms with Gasteiger partial charge in [0, 0.05) is 6.42 Å². The summed E-state index contributed by atoms with van der Waals surface area (Å²) in [5, 5.41) is 24.9. The number of primary amides is 1. The molecule has 4 atom stereocenters. The lowest BCUT2D eigenvalue weighted by Crippen LogP contribution is -2.55. The minimum atomic E-state index is -1.54. The Morgan fingerprint density at radius 1 is 1.00 bits per heavy atom. The summed E-state index contributed by atoms with van der Waals surface area (Å²) >= 11 is 0. The van der Waals surface area contributed by atoms with Crippen molar-refractivity contribution in [2.45, 2.75) is 57.8 Å². The Hall–Kier alpha value is -2.73. The number of rotatable bonds is 12. The molecule has 28 heavy (non-hydrogen) atoms. The van der Waals surface area contributed by atoms with Gasteiger partial charge < -0.3 is 37.6 Å². The van der Waals surface area contributed by atoms with E-state index in [4.69, 9.17) is 16.6 Å². The fraction of sp³-hybridized carbons (Fsp3) is 0.688. The van der Waals surface area contributed by atoms with E-state index in [9.17, 15) is 29.1 Å². The van der Waals surface area contributed by atoms with E-state index in [2.05, 4.69) is 10.6 Å². The highest BCUT2D eigenvalue weighted by Gasteiger charge is 2.27. The van der Waals surface area contributed by atoms with Gasteiger partial charge in [0.1, 0.15) is 6.04 Å². The molecule has 0 aliphatic rings. The third-order valence-electron chi connectivity index (χ3n) is 3.82. The SMILES string of the molecule is CC(C)C(N)C(=O)NC(CCC(N)=O)C(=O)NCC(=O)NC(C(=O)O)C(C)O. The van der Waals surface area contributed by atoms with Crippen molar-refractivity contribution in [3.05, 3.63) is 0 Å². The lowest BCUT2D eigenvalue weighted by molar-refractivity contribution is -0.144. The number of hydrogen-bond donors (Lipinski definition) is 7. The fourth-order valence-electron chi connectivity index (χ4n) is 2.03. The van der Waals surface area contributed by atoms with Crippen LogP contribution in [0.2, 0.25) is 0 Å². The Labute approximate surface area is 162 Å². The maximum atomic E-state index is 12.3. The number of nitrogens with two attached hydrogens (primary N) is 2. The van der Waals surface area contributed by atoms with E-state index in [1.807, 2.05) is 5.32 Å². The Bertz CT molecular complexity index is 594. The Balaban J connectivity index is 4.90. The van der Waals surface area contributed by atoms with Crippen molar-refractivity contribution in [3.8, 4) is 0 Å². The molecule has 0 saturated heterocycles. The Morgan fingerprint density at radius 3 is 2.00 bits per heavy atom. The van der Waals surface area contributed by atoms with E-state index in [-0.39, 0.29) is 18.8 Å². The summed E-state index contributed by atoms with van der Waals surface area (Å²) in [5.74, 6) is -4.56. The predicted molar refractivity (Wildman–Crippen MR) is 97.4 cm³/mol. The van der Waals surface area contributed by atoms with Gasteiger partial charge in [-0.1, -0.05) is 13.8 Å². The van der Waals surface area contributed by atoms with Gasteiger partial charge in [0.2, 0.25) is 23.6 Å². The zero-order valence-corrected chi connectivity index (χ0v) is 16.1. The summed E-state index contributed by atoms with van der Waals surface area (Å²) in [4.78, 5) is 58.1. The molecular formula is C16H29N5O7. The third kappa shape index (κ3) is 9.28. The van der Waals surface area contributed by atoms with Gasteiger partial charge in [-0.2, -0.15) is 0 Å². The van der Waals surface area contributed by atoms with Crippen molar-refractivity contribution >= 4 is 29.6 Å². The molecule has 0 aromatic heterocycles. The monoisotopic (exact) mass is 403 g/mol. The highest BCUT2D eigenvalue weighted by Crippen LogP contribution is 2.02. The highest BCUT2D eigenvalue weighted by atomic mass is 16.4. The van der Waals surface area contributed by atoms with Crippen LogP contribution in [-0.2, 0) is 24.0 Å². The van der Waals surface area contributed by atoms with Crippen molar-refractivity contribution in [1.82, 2.24) is 16.0 Å². The number of aliphatic hydroxyl groups is 1. The van der Waals surface area contributed by atoms with Gasteiger partial charge in [0.25, 0.3) is 0 Å². The lowest BCUT2D eigenvalue weighted by atomic mass is 10.0. The molecule has 160 valence electrons. The smallest absolute Gasteiger partial charge is 0.328 e. The van der Waals surface area contributed by atoms with Gasteiger partial charge >= 0.3 is 5.97 Å². The molecular weight excluding hydrogens is 374 g/mol. The van der Waals surface area contributed by atoms with Crippen LogP contribution in [0.15, 0.2) is 0 Å². The number of carboxylic acid groups (broad SMARTS) is 1. The molecule has 0 heterocycles. The number of nitrogens with one attached hydrogen (secondary N) is 3. The van der Waals surface area contributed by atoms with Crippen LogP contribution >= 0.6 is 0 Å². The van der Waals surface area contributed by atoms with Gasteiger partial charge in [0.15, 0.2) is 6.04 Å². The quantitative estimate of drug-likeness (QED) is 0.175. The highest BCUT2D eigenvalue weighted by molar-refractivity contribution is 5.93. The first-order valence-electron chi connectivity index (χ1n) is 8.69. The van der Waals surface area contributed by atoms with Crippen molar-refractivity contribution < 1.29 is 34.2 Å². The van der Waals surface area contributed by atoms with Crippen molar-refractivity contribution in [2.24, 2.45) is 17.4 Å². The summed E-state index contributed by atoms with van der Waals surface area (Å²) in [7, 11) is 0. The fourth-order valence-corrected chi connectivity index (χ4v) is 2.03. The van der Waals surface area contributed by atoms with Crippen LogP contribution in [0, 0.1) is 5.92 Å². The normalized spacial score (nSPS) is 15.1. The molecule has 0 fully saturated rings. The van der Waals surface area contributed by atoms with Gasteiger partial charge in [-0.3, -0.25) is 19.2 Å². The molecule has 0 saturated carbocycles. The summed E-state index contributed by atoms with van der Waals surface area (Å²) in [6.45, 7) is 4.02. The summed E-state index contributed by atoms with van der Waals surface area (Å²) in [6, 6.07) is -3.59. The molecule has 12 heteroatoms. The largest absolute Gasteiger partial charge is 0.480 e. The van der Waals surface area contributed by atoms with E-state index in [0.717, 1.165) is 0 Å². The first-order chi connectivity index (χ1) is 12.9. The average molecular weight is 403 g/mol. The number of hydrogen-bond acceptors (Lipinski definition) is 7. The summed E-state index contributed by atoms with van der Waals surface area (Å²) in [5.41, 5.74) is 10.8. The molecule has 0 aliphatic carbocycles. The van der Waals surface area contributed by atoms with Crippen LogP contribution in [0.1, 0.15) is 33.6 Å². The second-order valence-electron chi connectivity index (χ2n) is 6.68. The molecule has 0 spiro atoms. The van der Waals surface area contributed by atoms with Crippen LogP contribution in [0.25, 0.3) is 0 Å². The van der Waals surface area contributed by atoms with E-state index in [1.165, 1.54) is 6.92 Å². The Kier molecular flexibility index (Phi) is 10.7. The number of carbonyl (C=O) groups is 5. The molecule has 0 aromatic rings. The molecule has 0 aromatic carbocycles. The first-order valence-corrected chi connectivity index (χ1v) is 8.69. The van der Waals surface area contributed by atoms with E-state index in [0.29, 0.717) is 0 Å². The van der Waals surface area contributed by atoms with Gasteiger partial charge in [-0.05, 0) is 19.3 Å². The summed E-state index contributed by atoms with van der Waals surface area (Å²) < 4.78 is 0. The molecule has 0 bridgehead atoms. The van der Waals surface area contributed by atoms with Crippen LogP contribution < -0.4 is 27.4 Å². The molecule has 0 radical (unpaired) electrons. The summed E-state index contributed by atoms with van der Waals surface area (Å²) in [6.07, 6.45) is -1.65. The second-order valence-corrected chi connectivity index (χ2v) is 6.68. The average Bonchev–Trinajstić information content (AvgIpc) is 2.59. The lowest BCUT2D eigenvalue weighted by Gasteiger charge is -2.22. The number of carbonyl (C=O) groups excluding carboxylic acids is 4. The second kappa shape index (κ2) is 11.9. The molecule has 0 aliphatic heterocycles. The van der Waals surface area contributed by atoms with E-state index >= 15 is 0 Å². The van der Waals surface area contributed by atoms with Gasteiger partial charge in [-0.25, -0.2) is 4.79 Å². The van der Waals surface area contributed by atoms with Crippen molar-refractivity contribution in [2.75, 3.05) is 6.54 Å². The minimum absolute atomic E-state index is 0.106. The standard InChI is InChI=1S/C16H29N5O7/c1-7(2)12(18)15(26)20-9(4-5-10(17)23)14(25)19-6-11(24)21-13(8(3)22)16(27)28/h7-9,12-13,22H,4-6,18H2,1-3H3,(H2,17,23)(H,19,25)(H,20,26)(H,21,24)(H,27,28). The molecule has 4 amide bonds. The number of aliphatic carboxylic acids is 1. The molecule has 12 nitrogen and oxygen atoms in total. The van der Waals surface area contributed by atoms with E-state index < -0.39 is 60.4 Å². The first kappa shape index (κ1) is 25.3. The van der Waals surface area contributed by atoms with Crippen LogP contribution in [0.4, 0.5) is 0 Å².